The number of aliphatic carboxylic acids is 1. The summed E-state index contributed by atoms with van der Waals surface area (Å²) in [6.45, 7) is 4.17. The van der Waals surface area contributed by atoms with E-state index in [1.54, 1.807) is 6.20 Å². The molecular weight excluding hydrogens is 372 g/mol. The smallest absolute Gasteiger partial charge is 0.326 e. The highest BCUT2D eigenvalue weighted by Crippen LogP contribution is 2.22. The zero-order valence-corrected chi connectivity index (χ0v) is 16.7. The first-order valence-electron chi connectivity index (χ1n) is 9.93. The number of aromatic amines is 1. The van der Waals surface area contributed by atoms with E-state index in [2.05, 4.69) is 10.3 Å². The van der Waals surface area contributed by atoms with Crippen molar-refractivity contribution in [2.45, 2.75) is 51.2 Å². The minimum atomic E-state index is -1.11. The molecule has 0 aliphatic carbocycles. The predicted octanol–water partition coefficient (Wildman–Crippen LogP) is 1.25. The number of hydrogen-bond donors (Lipinski definition) is 4. The Bertz CT molecular complexity index is 907. The monoisotopic (exact) mass is 400 g/mol. The van der Waals surface area contributed by atoms with Crippen LogP contribution in [-0.2, 0) is 20.8 Å². The van der Waals surface area contributed by atoms with Gasteiger partial charge in [-0.1, -0.05) is 32.0 Å². The number of nitrogens with two attached hydrogens (primary N) is 1. The molecule has 1 aromatic heterocycles. The molecule has 1 aliphatic heterocycles. The second-order valence-electron chi connectivity index (χ2n) is 7.92. The molecule has 8 heteroatoms. The molecule has 3 atom stereocenters. The largest absolute Gasteiger partial charge is 0.480 e. The third kappa shape index (κ3) is 4.42. The van der Waals surface area contributed by atoms with Gasteiger partial charge >= 0.3 is 5.97 Å². The van der Waals surface area contributed by atoms with Gasteiger partial charge in [0.25, 0.3) is 0 Å². The number of H-pyrrole nitrogens is 1. The van der Waals surface area contributed by atoms with Gasteiger partial charge in [-0.2, -0.15) is 0 Å². The van der Waals surface area contributed by atoms with Gasteiger partial charge in [0.1, 0.15) is 12.1 Å². The first-order valence-corrected chi connectivity index (χ1v) is 9.93. The molecule has 1 saturated heterocycles. The molecule has 1 aromatic carbocycles. The van der Waals surface area contributed by atoms with Crippen molar-refractivity contribution in [3.8, 4) is 0 Å². The van der Waals surface area contributed by atoms with Crippen LogP contribution in [0.4, 0.5) is 0 Å². The molecule has 2 amide bonds. The summed E-state index contributed by atoms with van der Waals surface area (Å²) < 4.78 is 0. The Morgan fingerprint density at radius 1 is 1.31 bits per heavy atom. The van der Waals surface area contributed by atoms with Crippen molar-refractivity contribution in [3.05, 3.63) is 36.0 Å². The number of carboxylic acids is 1. The highest BCUT2D eigenvalue weighted by molar-refractivity contribution is 5.92. The van der Waals surface area contributed by atoms with Crippen molar-refractivity contribution in [1.82, 2.24) is 15.2 Å². The quantitative estimate of drug-likeness (QED) is 0.556. The van der Waals surface area contributed by atoms with Crippen molar-refractivity contribution in [3.63, 3.8) is 0 Å². The number of para-hydroxylation sites is 1. The first-order chi connectivity index (χ1) is 13.8. The van der Waals surface area contributed by atoms with Gasteiger partial charge in [0.05, 0.1) is 6.04 Å². The Labute approximate surface area is 169 Å². The van der Waals surface area contributed by atoms with Crippen molar-refractivity contribution in [1.29, 1.82) is 0 Å². The van der Waals surface area contributed by atoms with Crippen LogP contribution in [0.15, 0.2) is 30.5 Å². The maximum absolute atomic E-state index is 12.8. The van der Waals surface area contributed by atoms with Crippen molar-refractivity contribution < 1.29 is 19.5 Å². The van der Waals surface area contributed by atoms with Crippen molar-refractivity contribution in [2.75, 3.05) is 6.54 Å². The van der Waals surface area contributed by atoms with Crippen LogP contribution in [0, 0.1) is 5.92 Å². The molecule has 0 bridgehead atoms. The molecule has 2 heterocycles. The van der Waals surface area contributed by atoms with Gasteiger partial charge in [0.15, 0.2) is 0 Å². The maximum Gasteiger partial charge on any atom is 0.326 e. The van der Waals surface area contributed by atoms with Gasteiger partial charge in [0, 0.05) is 30.1 Å². The van der Waals surface area contributed by atoms with E-state index < -0.39 is 30.0 Å². The number of rotatable bonds is 7. The Balaban J connectivity index is 1.72. The SMILES string of the molecule is CC(C)[C@H](N)C(=O)N1CCC[C@H]1C(=O)N[C@@H](Cc1c[nH]c2ccccc12)C(=O)O. The summed E-state index contributed by atoms with van der Waals surface area (Å²) in [4.78, 5) is 41.9. The minimum Gasteiger partial charge on any atom is -0.480 e. The van der Waals surface area contributed by atoms with E-state index in [1.165, 1.54) is 4.90 Å². The van der Waals surface area contributed by atoms with E-state index in [4.69, 9.17) is 5.73 Å². The number of nitrogens with one attached hydrogen (secondary N) is 2. The van der Waals surface area contributed by atoms with Gasteiger partial charge in [-0.25, -0.2) is 4.79 Å². The Morgan fingerprint density at radius 3 is 2.72 bits per heavy atom. The molecule has 1 fully saturated rings. The van der Waals surface area contributed by atoms with Gasteiger partial charge < -0.3 is 26.0 Å². The second-order valence-corrected chi connectivity index (χ2v) is 7.92. The van der Waals surface area contributed by atoms with Crippen molar-refractivity contribution >= 4 is 28.7 Å². The fourth-order valence-electron chi connectivity index (χ4n) is 3.77. The Hall–Kier alpha value is -2.87. The second kappa shape index (κ2) is 8.65. The van der Waals surface area contributed by atoms with Crippen LogP contribution < -0.4 is 11.1 Å². The summed E-state index contributed by atoms with van der Waals surface area (Å²) in [5.41, 5.74) is 7.70. The predicted molar refractivity (Wildman–Crippen MR) is 109 cm³/mol. The van der Waals surface area contributed by atoms with Gasteiger partial charge in [-0.3, -0.25) is 9.59 Å². The molecule has 0 radical (unpaired) electrons. The topological polar surface area (TPSA) is 129 Å². The van der Waals surface area contributed by atoms with Crippen LogP contribution in [-0.4, -0.2) is 57.4 Å². The summed E-state index contributed by atoms with van der Waals surface area (Å²) in [5, 5.41) is 13.2. The number of aromatic nitrogens is 1. The van der Waals surface area contributed by atoms with Crippen molar-refractivity contribution in [2.24, 2.45) is 11.7 Å². The number of hydrogen-bond acceptors (Lipinski definition) is 4. The van der Waals surface area contributed by atoms with E-state index in [0.717, 1.165) is 16.5 Å². The molecule has 8 nitrogen and oxygen atoms in total. The molecule has 0 saturated carbocycles. The van der Waals surface area contributed by atoms with Gasteiger partial charge in [-0.05, 0) is 30.4 Å². The minimum absolute atomic E-state index is 0.0412. The Kier molecular flexibility index (Phi) is 6.22. The number of fused-ring (bicyclic) bond motifs is 1. The molecule has 156 valence electrons. The standard InChI is InChI=1S/C21H28N4O4/c1-12(2)18(22)20(27)25-9-5-8-17(25)19(26)24-16(21(28)29)10-13-11-23-15-7-4-3-6-14(13)15/h3-4,6-7,11-12,16-18,23H,5,8-10,22H2,1-2H3,(H,24,26)(H,28,29)/t16-,17-,18-/m0/s1. The summed E-state index contributed by atoms with van der Waals surface area (Å²) in [7, 11) is 0. The first kappa shape index (κ1) is 20.9. The molecule has 3 rings (SSSR count). The van der Waals surface area contributed by atoms with Gasteiger partial charge in [-0.15, -0.1) is 0 Å². The summed E-state index contributed by atoms with van der Waals surface area (Å²) in [5.74, 6) is -1.86. The van der Waals surface area contributed by atoms with Crippen LogP contribution in [0.2, 0.25) is 0 Å². The Morgan fingerprint density at radius 2 is 2.03 bits per heavy atom. The number of nitrogens with zero attached hydrogens (tertiary/aromatic N) is 1. The molecule has 0 unspecified atom stereocenters. The molecule has 29 heavy (non-hydrogen) atoms. The van der Waals surface area contributed by atoms with E-state index in [1.807, 2.05) is 38.1 Å². The molecule has 1 aliphatic rings. The maximum atomic E-state index is 12.8. The lowest BCUT2D eigenvalue weighted by molar-refractivity contribution is -0.144. The van der Waals surface area contributed by atoms with Crippen LogP contribution >= 0.6 is 0 Å². The third-order valence-electron chi connectivity index (χ3n) is 5.56. The number of likely N-dealkylation sites (tertiary alicyclic amines) is 1. The van der Waals surface area contributed by atoms with Crippen LogP contribution in [0.25, 0.3) is 10.9 Å². The molecule has 0 spiro atoms. The zero-order chi connectivity index (χ0) is 21.1. The highest BCUT2D eigenvalue weighted by Gasteiger charge is 2.38. The van der Waals surface area contributed by atoms with Gasteiger partial charge in [0.2, 0.25) is 11.8 Å². The number of carboxylic acid groups (broad SMARTS) is 1. The number of amides is 2. The average molecular weight is 400 g/mol. The number of carbonyl (C=O) groups excluding carboxylic acids is 2. The third-order valence-corrected chi connectivity index (χ3v) is 5.56. The summed E-state index contributed by atoms with van der Waals surface area (Å²) in [6.07, 6.45) is 3.10. The fraction of sp³-hybridized carbons (Fsp3) is 0.476. The normalized spacial score (nSPS) is 18.8. The molecule has 5 N–H and O–H groups in total. The lowest BCUT2D eigenvalue weighted by atomic mass is 10.0. The van der Waals surface area contributed by atoms with Crippen LogP contribution in [0.5, 0.6) is 0 Å². The zero-order valence-electron chi connectivity index (χ0n) is 16.7. The lowest BCUT2D eigenvalue weighted by Crippen LogP contribution is -2.55. The van der Waals surface area contributed by atoms with Crippen LogP contribution in [0.3, 0.4) is 0 Å². The van der Waals surface area contributed by atoms with E-state index in [9.17, 15) is 19.5 Å². The lowest BCUT2D eigenvalue weighted by Gasteiger charge is -2.29. The summed E-state index contributed by atoms with van der Waals surface area (Å²) >= 11 is 0. The van der Waals surface area contributed by atoms with E-state index in [-0.39, 0.29) is 18.2 Å². The number of benzene rings is 1. The molecular formula is C21H28N4O4. The van der Waals surface area contributed by atoms with E-state index >= 15 is 0 Å². The summed E-state index contributed by atoms with van der Waals surface area (Å²) in [6, 6.07) is 5.15. The molecule has 2 aromatic rings. The van der Waals surface area contributed by atoms with Crippen LogP contribution in [0.1, 0.15) is 32.3 Å². The average Bonchev–Trinajstić information content (AvgIpc) is 3.33. The number of carbonyl (C=O) groups is 3. The fourth-order valence-corrected chi connectivity index (χ4v) is 3.77. The van der Waals surface area contributed by atoms with E-state index in [0.29, 0.717) is 19.4 Å². The highest BCUT2D eigenvalue weighted by atomic mass is 16.4.